The zero-order valence-electron chi connectivity index (χ0n) is 16.4. The van der Waals surface area contributed by atoms with Gasteiger partial charge in [-0.3, -0.25) is 0 Å². The van der Waals surface area contributed by atoms with Crippen molar-refractivity contribution in [2.24, 2.45) is 11.7 Å². The second-order valence-electron chi connectivity index (χ2n) is 7.78. The Hall–Kier alpha value is -2.59. The number of fused-ring (bicyclic) bond motifs is 1. The van der Waals surface area contributed by atoms with E-state index in [4.69, 9.17) is 15.2 Å². The molecule has 1 fully saturated rings. The Labute approximate surface area is 166 Å². The summed E-state index contributed by atoms with van der Waals surface area (Å²) >= 11 is 0. The van der Waals surface area contributed by atoms with E-state index in [0.29, 0.717) is 11.8 Å². The van der Waals surface area contributed by atoms with Crippen molar-refractivity contribution in [1.82, 2.24) is 4.98 Å². The van der Waals surface area contributed by atoms with Crippen LogP contribution in [0, 0.1) is 5.92 Å². The molecule has 4 nitrogen and oxygen atoms in total. The first-order valence-electron chi connectivity index (χ1n) is 10.2. The van der Waals surface area contributed by atoms with Gasteiger partial charge in [0.1, 0.15) is 11.5 Å². The van der Waals surface area contributed by atoms with E-state index in [1.165, 1.54) is 32.1 Å². The molecule has 146 valence electrons. The lowest BCUT2D eigenvalue weighted by Gasteiger charge is -2.21. The molecular formula is C24H28N2O2. The van der Waals surface area contributed by atoms with Crippen LogP contribution in [0.15, 0.2) is 54.6 Å². The van der Waals surface area contributed by atoms with Crippen molar-refractivity contribution in [2.75, 3.05) is 6.61 Å². The molecule has 0 saturated heterocycles. The third-order valence-electron chi connectivity index (χ3n) is 5.47. The second-order valence-corrected chi connectivity index (χ2v) is 7.78. The van der Waals surface area contributed by atoms with E-state index >= 15 is 0 Å². The highest BCUT2D eigenvalue weighted by Gasteiger charge is 2.14. The molecule has 0 bridgehead atoms. The number of nitrogens with two attached hydrogens (primary N) is 1. The minimum absolute atomic E-state index is 0.0131. The largest absolute Gasteiger partial charge is 0.493 e. The van der Waals surface area contributed by atoms with Crippen molar-refractivity contribution in [2.45, 2.75) is 45.1 Å². The quantitative estimate of drug-likeness (QED) is 0.573. The lowest BCUT2D eigenvalue weighted by atomic mass is 9.90. The summed E-state index contributed by atoms with van der Waals surface area (Å²) in [4.78, 5) is 4.60. The van der Waals surface area contributed by atoms with E-state index in [2.05, 4.69) is 11.1 Å². The van der Waals surface area contributed by atoms with Gasteiger partial charge in [-0.1, -0.05) is 25.3 Å². The normalized spacial score (nSPS) is 16.1. The first-order valence-corrected chi connectivity index (χ1v) is 10.2. The summed E-state index contributed by atoms with van der Waals surface area (Å²) in [5.74, 6) is 2.93. The van der Waals surface area contributed by atoms with Crippen molar-refractivity contribution in [3.8, 4) is 17.4 Å². The molecule has 2 N–H and O–H groups in total. The Balaban J connectivity index is 1.38. The maximum Gasteiger partial charge on any atom is 0.219 e. The van der Waals surface area contributed by atoms with Gasteiger partial charge in [0.05, 0.1) is 12.1 Å². The smallest absolute Gasteiger partial charge is 0.219 e. The molecule has 1 heterocycles. The molecule has 1 unspecified atom stereocenters. The number of pyridine rings is 1. The van der Waals surface area contributed by atoms with Crippen LogP contribution in [0.1, 0.15) is 50.6 Å². The fraction of sp³-hybridized carbons (Fsp3) is 0.375. The summed E-state index contributed by atoms with van der Waals surface area (Å²) in [6, 6.07) is 17.8. The van der Waals surface area contributed by atoms with Gasteiger partial charge in [0.2, 0.25) is 5.88 Å². The number of ether oxygens (including phenoxy) is 2. The topological polar surface area (TPSA) is 57.4 Å². The predicted molar refractivity (Wildman–Crippen MR) is 113 cm³/mol. The average molecular weight is 377 g/mol. The van der Waals surface area contributed by atoms with Gasteiger partial charge in [-0.15, -0.1) is 0 Å². The van der Waals surface area contributed by atoms with E-state index < -0.39 is 0 Å². The van der Waals surface area contributed by atoms with E-state index in [1.807, 2.05) is 55.5 Å². The van der Waals surface area contributed by atoms with Gasteiger partial charge in [0.25, 0.3) is 0 Å². The molecule has 3 aromatic rings. The highest BCUT2D eigenvalue weighted by atomic mass is 16.5. The van der Waals surface area contributed by atoms with Crippen molar-refractivity contribution in [1.29, 1.82) is 0 Å². The van der Waals surface area contributed by atoms with E-state index in [-0.39, 0.29) is 6.04 Å². The lowest BCUT2D eigenvalue weighted by molar-refractivity contribution is 0.208. The zero-order valence-corrected chi connectivity index (χ0v) is 16.4. The molecule has 2 aromatic carbocycles. The second kappa shape index (κ2) is 8.61. The molecule has 0 spiro atoms. The van der Waals surface area contributed by atoms with Crippen LogP contribution in [0.4, 0.5) is 0 Å². The standard InChI is InChI=1S/C24H28N2O2/c1-17(25)19-7-13-23-20(15-19)8-14-24(26-23)28-22-11-9-21(10-12-22)27-16-18-5-3-2-4-6-18/h7-15,17-18H,2-6,16,25H2,1H3. The Bertz CT molecular complexity index is 916. The number of hydrogen-bond acceptors (Lipinski definition) is 4. The van der Waals surface area contributed by atoms with Gasteiger partial charge in [-0.2, -0.15) is 0 Å². The summed E-state index contributed by atoms with van der Waals surface area (Å²) in [6.45, 7) is 2.80. The fourth-order valence-corrected chi connectivity index (χ4v) is 3.76. The Morgan fingerprint density at radius 3 is 2.46 bits per heavy atom. The molecule has 1 aliphatic rings. The number of aromatic nitrogens is 1. The molecule has 0 aliphatic heterocycles. The summed E-state index contributed by atoms with van der Waals surface area (Å²) in [7, 11) is 0. The third-order valence-corrected chi connectivity index (χ3v) is 5.47. The summed E-state index contributed by atoms with van der Waals surface area (Å²) < 4.78 is 11.9. The molecule has 0 amide bonds. The Morgan fingerprint density at radius 1 is 0.964 bits per heavy atom. The molecule has 4 heteroatoms. The number of nitrogens with zero attached hydrogens (tertiary/aromatic N) is 1. The van der Waals surface area contributed by atoms with Crippen LogP contribution in [0.3, 0.4) is 0 Å². The van der Waals surface area contributed by atoms with E-state index in [0.717, 1.165) is 34.6 Å². The van der Waals surface area contributed by atoms with Gasteiger partial charge in [0.15, 0.2) is 0 Å². The van der Waals surface area contributed by atoms with Crippen LogP contribution in [-0.2, 0) is 0 Å². The van der Waals surface area contributed by atoms with E-state index in [1.54, 1.807) is 0 Å². The van der Waals surface area contributed by atoms with Gasteiger partial charge in [-0.05, 0) is 73.7 Å². The number of benzene rings is 2. The van der Waals surface area contributed by atoms with Gasteiger partial charge in [0, 0.05) is 17.5 Å². The first kappa shape index (κ1) is 18.8. The lowest BCUT2D eigenvalue weighted by Crippen LogP contribution is -2.15. The Morgan fingerprint density at radius 2 is 1.71 bits per heavy atom. The zero-order chi connectivity index (χ0) is 19.3. The molecule has 1 aliphatic carbocycles. The summed E-state index contributed by atoms with van der Waals surface area (Å²) in [5, 5.41) is 1.06. The molecular weight excluding hydrogens is 348 g/mol. The van der Waals surface area contributed by atoms with Crippen molar-refractivity contribution < 1.29 is 9.47 Å². The van der Waals surface area contributed by atoms with Crippen LogP contribution >= 0.6 is 0 Å². The SMILES string of the molecule is CC(N)c1ccc2nc(Oc3ccc(OCC4CCCCC4)cc3)ccc2c1. The van der Waals surface area contributed by atoms with Crippen molar-refractivity contribution in [3.05, 3.63) is 60.2 Å². The molecule has 28 heavy (non-hydrogen) atoms. The highest BCUT2D eigenvalue weighted by Crippen LogP contribution is 2.27. The number of rotatable bonds is 6. The molecule has 4 rings (SSSR count). The van der Waals surface area contributed by atoms with E-state index in [9.17, 15) is 0 Å². The molecule has 0 radical (unpaired) electrons. The molecule has 1 aromatic heterocycles. The van der Waals surface area contributed by atoms with Gasteiger partial charge < -0.3 is 15.2 Å². The highest BCUT2D eigenvalue weighted by molar-refractivity contribution is 5.80. The monoisotopic (exact) mass is 376 g/mol. The average Bonchev–Trinajstić information content (AvgIpc) is 2.73. The molecule has 1 saturated carbocycles. The minimum Gasteiger partial charge on any atom is -0.493 e. The Kier molecular flexibility index (Phi) is 5.77. The van der Waals surface area contributed by atoms with Crippen molar-refractivity contribution in [3.63, 3.8) is 0 Å². The van der Waals surface area contributed by atoms with Crippen LogP contribution < -0.4 is 15.2 Å². The summed E-state index contributed by atoms with van der Waals surface area (Å²) in [5.41, 5.74) is 7.96. The third kappa shape index (κ3) is 4.63. The van der Waals surface area contributed by atoms with Crippen LogP contribution in [0.25, 0.3) is 10.9 Å². The van der Waals surface area contributed by atoms with Gasteiger partial charge >= 0.3 is 0 Å². The maximum atomic E-state index is 5.96. The number of hydrogen-bond donors (Lipinski definition) is 1. The summed E-state index contributed by atoms with van der Waals surface area (Å²) in [6.07, 6.45) is 6.64. The first-order chi connectivity index (χ1) is 13.7. The van der Waals surface area contributed by atoms with Gasteiger partial charge in [-0.25, -0.2) is 4.98 Å². The van der Waals surface area contributed by atoms with Crippen LogP contribution in [-0.4, -0.2) is 11.6 Å². The van der Waals surface area contributed by atoms with Crippen LogP contribution in [0.2, 0.25) is 0 Å². The predicted octanol–water partition coefficient (Wildman–Crippen LogP) is 6.01. The van der Waals surface area contributed by atoms with Crippen LogP contribution in [0.5, 0.6) is 17.4 Å². The van der Waals surface area contributed by atoms with Crippen molar-refractivity contribution >= 4 is 10.9 Å². The molecule has 1 atom stereocenters. The minimum atomic E-state index is 0.0131. The maximum absolute atomic E-state index is 5.96. The fourth-order valence-electron chi connectivity index (χ4n) is 3.76.